The number of benzene rings is 1. The highest BCUT2D eigenvalue weighted by atomic mass is 16.3. The van der Waals surface area contributed by atoms with E-state index in [1.165, 1.54) is 6.42 Å². The van der Waals surface area contributed by atoms with Crippen LogP contribution in [0.3, 0.4) is 0 Å². The van der Waals surface area contributed by atoms with Gasteiger partial charge < -0.3 is 10.4 Å². The highest BCUT2D eigenvalue weighted by molar-refractivity contribution is 5.92. The van der Waals surface area contributed by atoms with Gasteiger partial charge in [-0.15, -0.1) is 5.10 Å². The first kappa shape index (κ1) is 12.4. The fourth-order valence-electron chi connectivity index (χ4n) is 2.97. The molecule has 1 saturated carbocycles. The molecule has 19 heavy (non-hydrogen) atoms. The lowest BCUT2D eigenvalue weighted by Crippen LogP contribution is -2.27. The number of aromatic nitrogens is 2. The minimum Gasteiger partial charge on any atom is -0.396 e. The summed E-state index contributed by atoms with van der Waals surface area (Å²) in [6, 6.07) is 8.50. The lowest BCUT2D eigenvalue weighted by atomic mass is 10.0. The Morgan fingerprint density at radius 1 is 1.21 bits per heavy atom. The predicted octanol–water partition coefficient (Wildman–Crippen LogP) is 2.51. The van der Waals surface area contributed by atoms with Crippen LogP contribution in [0, 0.1) is 12.8 Å². The largest absolute Gasteiger partial charge is 0.396 e. The van der Waals surface area contributed by atoms with Crippen LogP contribution >= 0.6 is 0 Å². The molecule has 0 bridgehead atoms. The molecule has 1 fully saturated rings. The van der Waals surface area contributed by atoms with E-state index >= 15 is 0 Å². The molecular formula is C15H19N3O. The van der Waals surface area contributed by atoms with Gasteiger partial charge in [-0.25, -0.2) is 0 Å². The number of anilines is 1. The van der Waals surface area contributed by atoms with Crippen LogP contribution in [-0.2, 0) is 0 Å². The summed E-state index contributed by atoms with van der Waals surface area (Å²) >= 11 is 0. The molecule has 1 aromatic carbocycles. The first-order valence-corrected chi connectivity index (χ1v) is 6.89. The van der Waals surface area contributed by atoms with Crippen LogP contribution in [0.25, 0.3) is 10.8 Å². The molecule has 100 valence electrons. The standard InChI is InChI=1S/C15H19N3O/c1-10-12-6-2-3-7-13(12)15(18-17-10)16-14-8-4-5-11(14)9-19/h2-3,6-7,11,14,19H,4-5,8-9H2,1H3,(H,16,18). The van der Waals surface area contributed by atoms with Crippen LogP contribution < -0.4 is 5.32 Å². The van der Waals surface area contributed by atoms with Crippen LogP contribution in [-0.4, -0.2) is 28.0 Å². The molecule has 2 aromatic rings. The first-order chi connectivity index (χ1) is 9.29. The van der Waals surface area contributed by atoms with E-state index in [0.717, 1.165) is 35.1 Å². The molecule has 0 spiro atoms. The van der Waals surface area contributed by atoms with Gasteiger partial charge in [0.1, 0.15) is 0 Å². The number of nitrogens with zero attached hydrogens (tertiary/aromatic N) is 2. The number of nitrogens with one attached hydrogen (secondary N) is 1. The maximum absolute atomic E-state index is 9.40. The Bertz CT molecular complexity index is 585. The number of hydrogen-bond donors (Lipinski definition) is 2. The zero-order valence-electron chi connectivity index (χ0n) is 11.1. The van der Waals surface area contributed by atoms with Crippen molar-refractivity contribution in [1.82, 2.24) is 10.2 Å². The van der Waals surface area contributed by atoms with Crippen LogP contribution in [0.4, 0.5) is 5.82 Å². The van der Waals surface area contributed by atoms with Crippen molar-refractivity contribution >= 4 is 16.6 Å². The van der Waals surface area contributed by atoms with Crippen molar-refractivity contribution in [2.45, 2.75) is 32.2 Å². The fraction of sp³-hybridized carbons (Fsp3) is 0.467. The molecule has 1 aliphatic carbocycles. The third-order valence-corrected chi connectivity index (χ3v) is 4.09. The predicted molar refractivity (Wildman–Crippen MR) is 76.1 cm³/mol. The zero-order valence-corrected chi connectivity index (χ0v) is 11.1. The van der Waals surface area contributed by atoms with Gasteiger partial charge >= 0.3 is 0 Å². The van der Waals surface area contributed by atoms with Gasteiger partial charge in [0.15, 0.2) is 5.82 Å². The van der Waals surface area contributed by atoms with Gasteiger partial charge in [-0.3, -0.25) is 0 Å². The molecule has 1 aromatic heterocycles. The minimum atomic E-state index is 0.245. The SMILES string of the molecule is Cc1nnc(NC2CCCC2CO)c2ccccc12. The van der Waals surface area contributed by atoms with Crippen molar-refractivity contribution in [2.24, 2.45) is 5.92 Å². The molecule has 2 unspecified atom stereocenters. The Labute approximate surface area is 112 Å². The van der Waals surface area contributed by atoms with E-state index < -0.39 is 0 Å². The number of aliphatic hydroxyl groups is 1. The lowest BCUT2D eigenvalue weighted by molar-refractivity contribution is 0.222. The van der Waals surface area contributed by atoms with E-state index in [4.69, 9.17) is 0 Å². The summed E-state index contributed by atoms with van der Waals surface area (Å²) in [6.07, 6.45) is 3.35. The van der Waals surface area contributed by atoms with Gasteiger partial charge in [0.25, 0.3) is 0 Å². The van der Waals surface area contributed by atoms with Crippen molar-refractivity contribution in [3.63, 3.8) is 0 Å². The molecule has 1 aliphatic rings. The maximum atomic E-state index is 9.40. The molecule has 2 atom stereocenters. The van der Waals surface area contributed by atoms with Gasteiger partial charge in [-0.05, 0) is 19.8 Å². The average Bonchev–Trinajstić information content (AvgIpc) is 2.89. The smallest absolute Gasteiger partial charge is 0.156 e. The van der Waals surface area contributed by atoms with Crippen molar-refractivity contribution in [3.8, 4) is 0 Å². The van der Waals surface area contributed by atoms with Gasteiger partial charge in [0.2, 0.25) is 0 Å². The van der Waals surface area contributed by atoms with Gasteiger partial charge in [-0.1, -0.05) is 30.7 Å². The minimum absolute atomic E-state index is 0.245. The van der Waals surface area contributed by atoms with Crippen LogP contribution in [0.1, 0.15) is 25.0 Å². The zero-order chi connectivity index (χ0) is 13.2. The summed E-state index contributed by atoms with van der Waals surface area (Å²) in [5.41, 5.74) is 0.950. The second-order valence-electron chi connectivity index (χ2n) is 5.30. The van der Waals surface area contributed by atoms with E-state index in [1.807, 2.05) is 19.1 Å². The number of rotatable bonds is 3. The van der Waals surface area contributed by atoms with E-state index in [1.54, 1.807) is 0 Å². The number of aliphatic hydroxyl groups excluding tert-OH is 1. The molecule has 0 aliphatic heterocycles. The van der Waals surface area contributed by atoms with Crippen LogP contribution in [0.15, 0.2) is 24.3 Å². The Balaban J connectivity index is 1.95. The quantitative estimate of drug-likeness (QED) is 0.887. The number of aryl methyl sites for hydroxylation is 1. The summed E-state index contributed by atoms with van der Waals surface area (Å²) in [5, 5.41) is 23.6. The summed E-state index contributed by atoms with van der Waals surface area (Å²) in [7, 11) is 0. The van der Waals surface area contributed by atoms with E-state index in [-0.39, 0.29) is 6.61 Å². The molecule has 3 rings (SSSR count). The molecular weight excluding hydrogens is 238 g/mol. The van der Waals surface area contributed by atoms with Crippen LogP contribution in [0.5, 0.6) is 0 Å². The second-order valence-corrected chi connectivity index (χ2v) is 5.30. The molecule has 4 nitrogen and oxygen atoms in total. The second kappa shape index (κ2) is 5.13. The fourth-order valence-corrected chi connectivity index (χ4v) is 2.97. The highest BCUT2D eigenvalue weighted by Gasteiger charge is 2.27. The number of fused-ring (bicyclic) bond motifs is 1. The van der Waals surface area contributed by atoms with Gasteiger partial charge in [-0.2, -0.15) is 5.10 Å². The third-order valence-electron chi connectivity index (χ3n) is 4.09. The lowest BCUT2D eigenvalue weighted by Gasteiger charge is -2.20. The third kappa shape index (κ3) is 2.28. The van der Waals surface area contributed by atoms with Crippen molar-refractivity contribution in [2.75, 3.05) is 11.9 Å². The normalized spacial score (nSPS) is 22.8. The topological polar surface area (TPSA) is 58.0 Å². The van der Waals surface area contributed by atoms with E-state index in [2.05, 4.69) is 27.6 Å². The van der Waals surface area contributed by atoms with Crippen molar-refractivity contribution < 1.29 is 5.11 Å². The number of hydrogen-bond acceptors (Lipinski definition) is 4. The Hall–Kier alpha value is -1.68. The van der Waals surface area contributed by atoms with Crippen LogP contribution in [0.2, 0.25) is 0 Å². The van der Waals surface area contributed by atoms with Crippen molar-refractivity contribution in [1.29, 1.82) is 0 Å². The molecule has 4 heteroatoms. The monoisotopic (exact) mass is 257 g/mol. The molecule has 0 saturated heterocycles. The summed E-state index contributed by atoms with van der Waals surface area (Å²) in [6.45, 7) is 2.22. The van der Waals surface area contributed by atoms with Gasteiger partial charge in [0.05, 0.1) is 5.69 Å². The highest BCUT2D eigenvalue weighted by Crippen LogP contribution is 2.30. The Kier molecular flexibility index (Phi) is 3.34. The van der Waals surface area contributed by atoms with Crippen molar-refractivity contribution in [3.05, 3.63) is 30.0 Å². The van der Waals surface area contributed by atoms with E-state index in [9.17, 15) is 5.11 Å². The average molecular weight is 257 g/mol. The molecule has 0 radical (unpaired) electrons. The summed E-state index contributed by atoms with van der Waals surface area (Å²) < 4.78 is 0. The molecule has 2 N–H and O–H groups in total. The first-order valence-electron chi connectivity index (χ1n) is 6.89. The Morgan fingerprint density at radius 2 is 2.00 bits per heavy atom. The van der Waals surface area contributed by atoms with Gasteiger partial charge in [0, 0.05) is 29.3 Å². The van der Waals surface area contributed by atoms with E-state index in [0.29, 0.717) is 12.0 Å². The molecule has 1 heterocycles. The summed E-state index contributed by atoms with van der Waals surface area (Å²) in [4.78, 5) is 0. The molecule has 0 amide bonds. The summed E-state index contributed by atoms with van der Waals surface area (Å²) in [5.74, 6) is 1.17. The maximum Gasteiger partial charge on any atom is 0.156 e. The Morgan fingerprint density at radius 3 is 2.79 bits per heavy atom.